The number of hydrogen-bond donors (Lipinski definition) is 1. The maximum atomic E-state index is 5.32. The molecule has 8 heavy (non-hydrogen) atoms. The van der Waals surface area contributed by atoms with E-state index in [-0.39, 0.29) is 5.54 Å². The molecule has 0 saturated heterocycles. The van der Waals surface area contributed by atoms with E-state index in [4.69, 9.17) is 5.73 Å². The molecule has 0 spiro atoms. The van der Waals surface area contributed by atoms with Crippen molar-refractivity contribution in [3.8, 4) is 0 Å². The summed E-state index contributed by atoms with van der Waals surface area (Å²) in [7, 11) is 0. The van der Waals surface area contributed by atoms with Crippen LogP contribution in [-0.2, 0) is 0 Å². The van der Waals surface area contributed by atoms with Gasteiger partial charge in [0, 0.05) is 6.54 Å². The maximum Gasteiger partial charge on any atom is 0.130 e. The van der Waals surface area contributed by atoms with Crippen molar-refractivity contribution < 1.29 is 0 Å². The third-order valence-corrected chi connectivity index (χ3v) is 1.07. The molecule has 0 radical (unpaired) electrons. The standard InChI is InChI=1S/C4H8N4/c1-4(2-5)3-6-8-7-4/h3H,2,5H2,1H3. The lowest BCUT2D eigenvalue weighted by Crippen LogP contribution is -2.31. The molecule has 1 aliphatic heterocycles. The minimum atomic E-state index is -0.319. The van der Waals surface area contributed by atoms with E-state index >= 15 is 0 Å². The van der Waals surface area contributed by atoms with Gasteiger partial charge in [-0.05, 0) is 12.1 Å². The van der Waals surface area contributed by atoms with Crippen LogP contribution in [0.15, 0.2) is 15.4 Å². The van der Waals surface area contributed by atoms with Crippen LogP contribution >= 0.6 is 0 Å². The van der Waals surface area contributed by atoms with Crippen molar-refractivity contribution in [2.45, 2.75) is 12.5 Å². The predicted octanol–water partition coefficient (Wildman–Crippen LogP) is 0.155. The van der Waals surface area contributed by atoms with Crippen LogP contribution in [0.1, 0.15) is 6.92 Å². The summed E-state index contributed by atoms with van der Waals surface area (Å²) in [6, 6.07) is 0. The molecular weight excluding hydrogens is 104 g/mol. The fourth-order valence-corrected chi connectivity index (χ4v) is 0.398. The Labute approximate surface area is 47.5 Å². The molecule has 0 aromatic rings. The second-order valence-electron chi connectivity index (χ2n) is 2.00. The third-order valence-electron chi connectivity index (χ3n) is 1.07. The van der Waals surface area contributed by atoms with Crippen LogP contribution in [0.2, 0.25) is 0 Å². The van der Waals surface area contributed by atoms with E-state index in [1.807, 2.05) is 6.92 Å². The molecule has 4 nitrogen and oxygen atoms in total. The zero-order valence-electron chi connectivity index (χ0n) is 4.70. The average molecular weight is 112 g/mol. The van der Waals surface area contributed by atoms with Gasteiger partial charge in [0.25, 0.3) is 0 Å². The first-order chi connectivity index (χ1) is 3.77. The Morgan fingerprint density at radius 2 is 2.50 bits per heavy atom. The second kappa shape index (κ2) is 1.63. The highest BCUT2D eigenvalue weighted by atomic mass is 15.4. The number of rotatable bonds is 1. The van der Waals surface area contributed by atoms with Crippen LogP contribution in [0.5, 0.6) is 0 Å². The summed E-state index contributed by atoms with van der Waals surface area (Å²) in [5, 5.41) is 10.7. The van der Waals surface area contributed by atoms with E-state index in [1.54, 1.807) is 6.21 Å². The number of nitrogens with zero attached hydrogens (tertiary/aromatic N) is 3. The Balaban J connectivity index is 2.69. The highest BCUT2D eigenvalue weighted by Crippen LogP contribution is 2.10. The first-order valence-corrected chi connectivity index (χ1v) is 2.43. The van der Waals surface area contributed by atoms with Crippen LogP contribution < -0.4 is 5.73 Å². The minimum Gasteiger partial charge on any atom is -0.328 e. The van der Waals surface area contributed by atoms with Crippen LogP contribution in [0.25, 0.3) is 0 Å². The quantitative estimate of drug-likeness (QED) is 0.515. The lowest BCUT2D eigenvalue weighted by atomic mass is 10.1. The zero-order valence-corrected chi connectivity index (χ0v) is 4.70. The number of hydrogen-bond acceptors (Lipinski definition) is 4. The van der Waals surface area contributed by atoms with Crippen molar-refractivity contribution >= 4 is 6.21 Å². The minimum absolute atomic E-state index is 0.319. The molecule has 0 aromatic carbocycles. The van der Waals surface area contributed by atoms with Crippen molar-refractivity contribution in [3.63, 3.8) is 0 Å². The smallest absolute Gasteiger partial charge is 0.130 e. The second-order valence-corrected chi connectivity index (χ2v) is 2.00. The topological polar surface area (TPSA) is 63.1 Å². The van der Waals surface area contributed by atoms with Crippen LogP contribution in [-0.4, -0.2) is 18.3 Å². The summed E-state index contributed by atoms with van der Waals surface area (Å²) in [4.78, 5) is 0. The normalized spacial score (nSPS) is 34.2. The molecule has 0 saturated carbocycles. The van der Waals surface area contributed by atoms with Gasteiger partial charge in [0.05, 0.1) is 6.21 Å². The molecule has 1 atom stereocenters. The molecule has 0 amide bonds. The van der Waals surface area contributed by atoms with Crippen molar-refractivity contribution in [3.05, 3.63) is 0 Å². The summed E-state index contributed by atoms with van der Waals surface area (Å²) in [6.45, 7) is 2.35. The average Bonchev–Trinajstić information content (AvgIpc) is 2.17. The van der Waals surface area contributed by atoms with Gasteiger partial charge in [0.1, 0.15) is 5.54 Å². The van der Waals surface area contributed by atoms with Gasteiger partial charge in [-0.25, -0.2) is 0 Å². The van der Waals surface area contributed by atoms with E-state index in [0.717, 1.165) is 0 Å². The number of nitrogens with two attached hydrogens (primary N) is 1. The first-order valence-electron chi connectivity index (χ1n) is 2.43. The van der Waals surface area contributed by atoms with Gasteiger partial charge in [-0.2, -0.15) is 5.11 Å². The van der Waals surface area contributed by atoms with Crippen molar-refractivity contribution in [1.29, 1.82) is 0 Å². The fourth-order valence-electron chi connectivity index (χ4n) is 0.398. The molecule has 4 heteroatoms. The van der Waals surface area contributed by atoms with E-state index in [2.05, 4.69) is 15.4 Å². The Morgan fingerprint density at radius 3 is 2.75 bits per heavy atom. The van der Waals surface area contributed by atoms with Gasteiger partial charge < -0.3 is 5.73 Å². The molecule has 0 bridgehead atoms. The Morgan fingerprint density at radius 1 is 1.75 bits per heavy atom. The molecule has 1 aliphatic rings. The van der Waals surface area contributed by atoms with E-state index in [0.29, 0.717) is 6.54 Å². The fraction of sp³-hybridized carbons (Fsp3) is 0.750. The van der Waals surface area contributed by atoms with Gasteiger partial charge in [0.15, 0.2) is 0 Å². The summed E-state index contributed by atoms with van der Waals surface area (Å²) in [5.74, 6) is 0. The highest BCUT2D eigenvalue weighted by Gasteiger charge is 2.21. The summed E-state index contributed by atoms with van der Waals surface area (Å²) < 4.78 is 0. The maximum absolute atomic E-state index is 5.32. The third kappa shape index (κ3) is 0.742. The van der Waals surface area contributed by atoms with Gasteiger partial charge in [0.2, 0.25) is 0 Å². The van der Waals surface area contributed by atoms with Gasteiger partial charge in [-0.1, -0.05) is 0 Å². The summed E-state index contributed by atoms with van der Waals surface area (Å²) >= 11 is 0. The molecule has 44 valence electrons. The Bertz CT molecular complexity index is 125. The molecule has 0 aromatic heterocycles. The van der Waals surface area contributed by atoms with Crippen LogP contribution in [0, 0.1) is 0 Å². The van der Waals surface area contributed by atoms with Crippen molar-refractivity contribution in [2.24, 2.45) is 21.2 Å². The Hall–Kier alpha value is -0.770. The Kier molecular flexibility index (Phi) is 1.09. The highest BCUT2D eigenvalue weighted by molar-refractivity contribution is 5.70. The molecule has 2 N–H and O–H groups in total. The SMILES string of the molecule is CC1(CN)C=NN=N1. The molecule has 1 heterocycles. The largest absolute Gasteiger partial charge is 0.328 e. The molecular formula is C4H8N4. The van der Waals surface area contributed by atoms with Crippen molar-refractivity contribution in [1.82, 2.24) is 0 Å². The van der Waals surface area contributed by atoms with Crippen molar-refractivity contribution in [2.75, 3.05) is 6.54 Å². The van der Waals surface area contributed by atoms with Gasteiger partial charge in [-0.15, -0.1) is 5.10 Å². The van der Waals surface area contributed by atoms with E-state index < -0.39 is 0 Å². The lowest BCUT2D eigenvalue weighted by molar-refractivity contribution is 0.635. The van der Waals surface area contributed by atoms with E-state index in [9.17, 15) is 0 Å². The van der Waals surface area contributed by atoms with Crippen LogP contribution in [0.4, 0.5) is 0 Å². The summed E-state index contributed by atoms with van der Waals surface area (Å²) in [5.41, 5.74) is 5.00. The van der Waals surface area contributed by atoms with Gasteiger partial charge >= 0.3 is 0 Å². The monoisotopic (exact) mass is 112 g/mol. The summed E-state index contributed by atoms with van der Waals surface area (Å²) in [6.07, 6.45) is 1.65. The molecule has 1 unspecified atom stereocenters. The van der Waals surface area contributed by atoms with Gasteiger partial charge in [-0.3, -0.25) is 0 Å². The molecule has 0 fully saturated rings. The predicted molar refractivity (Wildman–Crippen MR) is 30.8 cm³/mol. The van der Waals surface area contributed by atoms with E-state index in [1.165, 1.54) is 0 Å². The molecule has 0 aliphatic carbocycles. The first kappa shape index (κ1) is 5.37. The molecule has 1 rings (SSSR count). The van der Waals surface area contributed by atoms with Crippen LogP contribution in [0.3, 0.4) is 0 Å². The zero-order chi connectivity index (χ0) is 6.04. The lowest BCUT2D eigenvalue weighted by Gasteiger charge is -2.08.